The Labute approximate surface area is 128 Å². The first-order valence-electron chi connectivity index (χ1n) is 8.24. The predicted molar refractivity (Wildman–Crippen MR) is 85.3 cm³/mol. The van der Waals surface area contributed by atoms with Gasteiger partial charge in [-0.05, 0) is 51.8 Å². The van der Waals surface area contributed by atoms with E-state index < -0.39 is 0 Å². The molecular weight excluding hydrogens is 264 g/mol. The Morgan fingerprint density at radius 3 is 2.95 bits per heavy atom. The van der Waals surface area contributed by atoms with Gasteiger partial charge in [0, 0.05) is 25.3 Å². The van der Waals surface area contributed by atoms with Crippen LogP contribution in [0.15, 0.2) is 10.5 Å². The number of ether oxygens (including phenoxy) is 1. The van der Waals surface area contributed by atoms with Crippen LogP contribution in [0.4, 0.5) is 0 Å². The summed E-state index contributed by atoms with van der Waals surface area (Å²) in [6.45, 7) is 9.76. The molecule has 0 bridgehead atoms. The van der Waals surface area contributed by atoms with Gasteiger partial charge in [-0.15, -0.1) is 0 Å². The molecule has 1 aromatic heterocycles. The summed E-state index contributed by atoms with van der Waals surface area (Å²) in [6.07, 6.45) is 3.87. The zero-order chi connectivity index (χ0) is 15.1. The molecule has 4 nitrogen and oxygen atoms in total. The fourth-order valence-electron chi connectivity index (χ4n) is 2.34. The van der Waals surface area contributed by atoms with Crippen molar-refractivity contribution in [2.45, 2.75) is 46.2 Å². The Morgan fingerprint density at radius 1 is 1.43 bits per heavy atom. The van der Waals surface area contributed by atoms with Crippen molar-refractivity contribution in [3.8, 4) is 0 Å². The van der Waals surface area contributed by atoms with Gasteiger partial charge in [-0.3, -0.25) is 4.90 Å². The average molecular weight is 294 g/mol. The van der Waals surface area contributed by atoms with Crippen LogP contribution in [0, 0.1) is 12.8 Å². The first kappa shape index (κ1) is 16.5. The number of aryl methyl sites for hydroxylation is 1. The van der Waals surface area contributed by atoms with Crippen molar-refractivity contribution in [3.63, 3.8) is 0 Å². The molecule has 0 unspecified atom stereocenters. The zero-order valence-electron chi connectivity index (χ0n) is 13.8. The van der Waals surface area contributed by atoms with E-state index in [4.69, 9.17) is 9.15 Å². The highest BCUT2D eigenvalue weighted by Gasteiger charge is 2.21. The van der Waals surface area contributed by atoms with E-state index in [9.17, 15) is 0 Å². The molecule has 1 aromatic rings. The molecule has 1 fully saturated rings. The van der Waals surface area contributed by atoms with Gasteiger partial charge in [0.2, 0.25) is 0 Å². The van der Waals surface area contributed by atoms with Gasteiger partial charge in [0.25, 0.3) is 0 Å². The van der Waals surface area contributed by atoms with E-state index in [1.807, 2.05) is 0 Å². The summed E-state index contributed by atoms with van der Waals surface area (Å²) in [4.78, 5) is 2.30. The van der Waals surface area contributed by atoms with Crippen LogP contribution >= 0.6 is 0 Å². The maximum atomic E-state index is 5.81. The molecule has 1 heterocycles. The highest BCUT2D eigenvalue weighted by atomic mass is 16.5. The molecule has 4 heteroatoms. The molecule has 0 radical (unpaired) electrons. The fourth-order valence-corrected chi connectivity index (χ4v) is 2.34. The number of hydrogen-bond acceptors (Lipinski definition) is 4. The standard InChI is InChI=1S/C17H30N2O2/c1-4-7-18-11-17-10-16(14(2)21-17)12-19(3)8-9-20-13-15-5-6-15/h10,15,18H,4-9,11-13H2,1-3H3. The Morgan fingerprint density at radius 2 is 2.24 bits per heavy atom. The first-order valence-corrected chi connectivity index (χ1v) is 8.24. The number of rotatable bonds is 11. The SMILES string of the molecule is CCCNCc1cc(CN(C)CCOCC2CC2)c(C)o1. The topological polar surface area (TPSA) is 37.6 Å². The lowest BCUT2D eigenvalue weighted by Gasteiger charge is -2.16. The van der Waals surface area contributed by atoms with E-state index >= 15 is 0 Å². The van der Waals surface area contributed by atoms with Crippen molar-refractivity contribution in [2.75, 3.05) is 33.4 Å². The molecule has 0 saturated heterocycles. The van der Waals surface area contributed by atoms with Crippen molar-refractivity contribution in [3.05, 3.63) is 23.2 Å². The monoisotopic (exact) mass is 294 g/mol. The Balaban J connectivity index is 1.67. The zero-order valence-corrected chi connectivity index (χ0v) is 13.8. The predicted octanol–water partition coefficient (Wildman–Crippen LogP) is 2.95. The van der Waals surface area contributed by atoms with E-state index in [1.165, 1.54) is 18.4 Å². The summed E-state index contributed by atoms with van der Waals surface area (Å²) in [5, 5.41) is 3.38. The van der Waals surface area contributed by atoms with Crippen molar-refractivity contribution in [1.29, 1.82) is 0 Å². The molecule has 0 amide bonds. The number of furan rings is 1. The van der Waals surface area contributed by atoms with Gasteiger partial charge in [0.1, 0.15) is 11.5 Å². The number of nitrogens with one attached hydrogen (secondary N) is 1. The average Bonchev–Trinajstić information content (AvgIpc) is 3.21. The van der Waals surface area contributed by atoms with Gasteiger partial charge in [-0.2, -0.15) is 0 Å². The molecule has 0 spiro atoms. The minimum absolute atomic E-state index is 0.822. The number of hydrogen-bond donors (Lipinski definition) is 1. The van der Waals surface area contributed by atoms with Crippen LogP contribution in [-0.4, -0.2) is 38.3 Å². The van der Waals surface area contributed by atoms with Crippen molar-refractivity contribution < 1.29 is 9.15 Å². The van der Waals surface area contributed by atoms with Crippen LogP contribution < -0.4 is 5.32 Å². The van der Waals surface area contributed by atoms with Gasteiger partial charge >= 0.3 is 0 Å². The second-order valence-corrected chi connectivity index (χ2v) is 6.23. The molecular formula is C17H30N2O2. The Bertz CT molecular complexity index is 413. The summed E-state index contributed by atoms with van der Waals surface area (Å²) in [5.74, 6) is 2.92. The third kappa shape index (κ3) is 6.20. The highest BCUT2D eigenvalue weighted by molar-refractivity contribution is 5.20. The van der Waals surface area contributed by atoms with Gasteiger partial charge in [0.15, 0.2) is 0 Å². The molecule has 21 heavy (non-hydrogen) atoms. The van der Waals surface area contributed by atoms with E-state index in [-0.39, 0.29) is 0 Å². The summed E-state index contributed by atoms with van der Waals surface area (Å²) in [7, 11) is 2.14. The first-order chi connectivity index (χ1) is 10.2. The Kier molecular flexibility index (Phi) is 6.74. The summed E-state index contributed by atoms with van der Waals surface area (Å²) in [5.41, 5.74) is 1.29. The Hall–Kier alpha value is -0.840. The van der Waals surface area contributed by atoms with E-state index in [1.54, 1.807) is 0 Å². The van der Waals surface area contributed by atoms with E-state index in [0.717, 1.165) is 63.3 Å². The summed E-state index contributed by atoms with van der Waals surface area (Å²) >= 11 is 0. The fraction of sp³-hybridized carbons (Fsp3) is 0.765. The van der Waals surface area contributed by atoms with Crippen LogP contribution in [0.5, 0.6) is 0 Å². The van der Waals surface area contributed by atoms with Crippen LogP contribution in [0.3, 0.4) is 0 Å². The van der Waals surface area contributed by atoms with Gasteiger partial charge in [0.05, 0.1) is 13.2 Å². The lowest BCUT2D eigenvalue weighted by molar-refractivity contribution is 0.102. The van der Waals surface area contributed by atoms with E-state index in [0.29, 0.717) is 0 Å². The second kappa shape index (κ2) is 8.57. The molecule has 1 aliphatic rings. The quantitative estimate of drug-likeness (QED) is 0.637. The van der Waals surface area contributed by atoms with E-state index in [2.05, 4.69) is 37.2 Å². The lowest BCUT2D eigenvalue weighted by Crippen LogP contribution is -2.23. The molecule has 0 atom stereocenters. The lowest BCUT2D eigenvalue weighted by atomic mass is 10.2. The third-order valence-corrected chi connectivity index (χ3v) is 3.91. The van der Waals surface area contributed by atoms with Gasteiger partial charge in [-0.1, -0.05) is 6.92 Å². The molecule has 1 saturated carbocycles. The van der Waals surface area contributed by atoms with Crippen molar-refractivity contribution >= 4 is 0 Å². The normalized spacial score (nSPS) is 15.0. The minimum atomic E-state index is 0.822. The molecule has 0 aliphatic heterocycles. The smallest absolute Gasteiger partial charge is 0.118 e. The minimum Gasteiger partial charge on any atom is -0.465 e. The molecule has 1 aliphatic carbocycles. The summed E-state index contributed by atoms with van der Waals surface area (Å²) < 4.78 is 11.5. The third-order valence-electron chi connectivity index (χ3n) is 3.91. The second-order valence-electron chi connectivity index (χ2n) is 6.23. The molecule has 0 aromatic carbocycles. The molecule has 2 rings (SSSR count). The largest absolute Gasteiger partial charge is 0.465 e. The van der Waals surface area contributed by atoms with Crippen LogP contribution in [0.2, 0.25) is 0 Å². The van der Waals surface area contributed by atoms with Crippen LogP contribution in [-0.2, 0) is 17.8 Å². The summed E-state index contributed by atoms with van der Waals surface area (Å²) in [6, 6.07) is 2.18. The highest BCUT2D eigenvalue weighted by Crippen LogP contribution is 2.28. The van der Waals surface area contributed by atoms with Gasteiger partial charge in [-0.25, -0.2) is 0 Å². The van der Waals surface area contributed by atoms with Gasteiger partial charge < -0.3 is 14.5 Å². The van der Waals surface area contributed by atoms with Crippen LogP contribution in [0.1, 0.15) is 43.3 Å². The number of nitrogens with zero attached hydrogens (tertiary/aromatic N) is 1. The maximum Gasteiger partial charge on any atom is 0.118 e. The maximum absolute atomic E-state index is 5.81. The number of likely N-dealkylation sites (N-methyl/N-ethyl adjacent to an activating group) is 1. The van der Waals surface area contributed by atoms with Crippen molar-refractivity contribution in [1.82, 2.24) is 10.2 Å². The molecule has 1 N–H and O–H groups in total. The van der Waals surface area contributed by atoms with Crippen molar-refractivity contribution in [2.24, 2.45) is 5.92 Å². The van der Waals surface area contributed by atoms with Crippen LogP contribution in [0.25, 0.3) is 0 Å². The molecule has 120 valence electrons.